The van der Waals surface area contributed by atoms with Crippen LogP contribution >= 0.6 is 0 Å². The zero-order valence-corrected chi connectivity index (χ0v) is 17.3. The Bertz CT molecular complexity index is 672. The number of benzene rings is 1. The van der Waals surface area contributed by atoms with Crippen LogP contribution in [0, 0.1) is 24.2 Å². The van der Waals surface area contributed by atoms with Gasteiger partial charge in [0.25, 0.3) is 0 Å². The van der Waals surface area contributed by atoms with Crippen molar-refractivity contribution in [2.75, 3.05) is 11.4 Å². The molecule has 1 saturated carbocycles. The molecule has 1 aromatic rings. The molecular formula is C23H34N2O2. The van der Waals surface area contributed by atoms with Gasteiger partial charge in [-0.1, -0.05) is 44.9 Å². The van der Waals surface area contributed by atoms with Crippen LogP contribution in [0.5, 0.6) is 0 Å². The normalized spacial score (nSPS) is 26.3. The van der Waals surface area contributed by atoms with E-state index in [0.29, 0.717) is 18.4 Å². The second kappa shape index (κ2) is 8.04. The van der Waals surface area contributed by atoms with Gasteiger partial charge < -0.3 is 10.2 Å². The van der Waals surface area contributed by atoms with Gasteiger partial charge in [-0.2, -0.15) is 0 Å². The van der Waals surface area contributed by atoms with E-state index in [1.807, 2.05) is 31.2 Å². The van der Waals surface area contributed by atoms with E-state index in [2.05, 4.69) is 26.1 Å². The molecule has 148 valence electrons. The number of hydrogen-bond donors (Lipinski definition) is 1. The lowest BCUT2D eigenvalue weighted by Crippen LogP contribution is -2.43. The lowest BCUT2D eigenvalue weighted by molar-refractivity contribution is -0.127. The summed E-state index contributed by atoms with van der Waals surface area (Å²) in [6.07, 6.45) is 6.01. The van der Waals surface area contributed by atoms with E-state index in [4.69, 9.17) is 0 Å². The maximum atomic E-state index is 12.7. The molecule has 4 nitrogen and oxygen atoms in total. The fourth-order valence-corrected chi connectivity index (χ4v) is 4.48. The van der Waals surface area contributed by atoms with Crippen molar-refractivity contribution in [2.45, 2.75) is 72.3 Å². The molecule has 2 amide bonds. The molecular weight excluding hydrogens is 336 g/mol. The van der Waals surface area contributed by atoms with Crippen molar-refractivity contribution >= 4 is 17.5 Å². The van der Waals surface area contributed by atoms with Crippen molar-refractivity contribution in [3.05, 3.63) is 29.8 Å². The average Bonchev–Trinajstić information content (AvgIpc) is 3.05. The average molecular weight is 371 g/mol. The molecule has 1 saturated heterocycles. The molecule has 1 aliphatic heterocycles. The Balaban J connectivity index is 1.52. The molecule has 1 atom stereocenters. The van der Waals surface area contributed by atoms with E-state index in [-0.39, 0.29) is 23.8 Å². The number of anilines is 1. The Kier molecular flexibility index (Phi) is 5.92. The van der Waals surface area contributed by atoms with Gasteiger partial charge in [-0.25, -0.2) is 0 Å². The van der Waals surface area contributed by atoms with Gasteiger partial charge in [-0.05, 0) is 56.1 Å². The van der Waals surface area contributed by atoms with E-state index in [0.717, 1.165) is 24.4 Å². The molecule has 27 heavy (non-hydrogen) atoms. The molecule has 1 aliphatic carbocycles. The van der Waals surface area contributed by atoms with Crippen molar-refractivity contribution in [1.29, 1.82) is 0 Å². The zero-order valence-electron chi connectivity index (χ0n) is 17.3. The molecule has 1 aromatic carbocycles. The Morgan fingerprint density at radius 3 is 2.37 bits per heavy atom. The largest absolute Gasteiger partial charge is 0.353 e. The maximum Gasteiger partial charge on any atom is 0.227 e. The third-order valence-corrected chi connectivity index (χ3v) is 6.93. The number of hydrogen-bond acceptors (Lipinski definition) is 2. The summed E-state index contributed by atoms with van der Waals surface area (Å²) in [7, 11) is 0. The number of rotatable bonds is 5. The quantitative estimate of drug-likeness (QED) is 0.832. The van der Waals surface area contributed by atoms with E-state index < -0.39 is 0 Å². The molecule has 0 bridgehead atoms. The van der Waals surface area contributed by atoms with E-state index in [9.17, 15) is 9.59 Å². The molecule has 0 radical (unpaired) electrons. The van der Waals surface area contributed by atoms with Gasteiger partial charge in [0.1, 0.15) is 0 Å². The van der Waals surface area contributed by atoms with Crippen molar-refractivity contribution in [1.82, 2.24) is 5.32 Å². The van der Waals surface area contributed by atoms with Crippen molar-refractivity contribution in [3.63, 3.8) is 0 Å². The van der Waals surface area contributed by atoms with Crippen LogP contribution in [0.3, 0.4) is 0 Å². The lowest BCUT2D eigenvalue weighted by atomic mass is 9.69. The monoisotopic (exact) mass is 370 g/mol. The maximum absolute atomic E-state index is 12.7. The predicted octanol–water partition coefficient (Wildman–Crippen LogP) is 4.46. The summed E-state index contributed by atoms with van der Waals surface area (Å²) in [5.41, 5.74) is 2.45. The fourth-order valence-electron chi connectivity index (χ4n) is 4.48. The molecule has 3 rings (SSSR count). The highest BCUT2D eigenvalue weighted by atomic mass is 16.2. The van der Waals surface area contributed by atoms with E-state index in [1.165, 1.54) is 24.8 Å². The van der Waals surface area contributed by atoms with Gasteiger partial charge in [0, 0.05) is 24.7 Å². The zero-order chi connectivity index (χ0) is 19.6. The number of nitrogens with one attached hydrogen (secondary N) is 1. The van der Waals surface area contributed by atoms with E-state index in [1.54, 1.807) is 4.90 Å². The Morgan fingerprint density at radius 2 is 1.78 bits per heavy atom. The summed E-state index contributed by atoms with van der Waals surface area (Å²) in [6, 6.07) is 8.21. The van der Waals surface area contributed by atoms with Crippen LogP contribution in [0.4, 0.5) is 5.69 Å². The number of carbonyl (C=O) groups is 2. The molecule has 1 heterocycles. The molecule has 2 fully saturated rings. The molecule has 2 aliphatic rings. The second-order valence-corrected chi connectivity index (χ2v) is 9.14. The third kappa shape index (κ3) is 4.53. The summed E-state index contributed by atoms with van der Waals surface area (Å²) in [5, 5.41) is 3.23. The second-order valence-electron chi connectivity index (χ2n) is 9.14. The van der Waals surface area contributed by atoms with Crippen LogP contribution in [0.25, 0.3) is 0 Å². The van der Waals surface area contributed by atoms with Crippen molar-refractivity contribution in [3.8, 4) is 0 Å². The van der Waals surface area contributed by atoms with Gasteiger partial charge in [0.15, 0.2) is 0 Å². The standard InChI is InChI=1S/C23H34N2O2/c1-5-23(3,4)18-8-10-19(11-9-18)24-22(27)17-14-21(26)25(15-17)20-12-6-16(2)7-13-20/h6-7,12-13,17-19H,5,8-11,14-15H2,1-4H3,(H,24,27)/t17-,18?,19?/m1/s1. The summed E-state index contributed by atoms with van der Waals surface area (Å²) in [5.74, 6) is 0.618. The van der Waals surface area contributed by atoms with Crippen LogP contribution in [0.15, 0.2) is 24.3 Å². The Hall–Kier alpha value is -1.84. The molecule has 0 spiro atoms. The van der Waals surface area contributed by atoms with Gasteiger partial charge in [-0.3, -0.25) is 9.59 Å². The SMILES string of the molecule is CCC(C)(C)C1CCC(NC(=O)[C@@H]2CC(=O)N(c3ccc(C)cc3)C2)CC1. The number of nitrogens with zero attached hydrogens (tertiary/aromatic N) is 1. The van der Waals surface area contributed by atoms with Gasteiger partial charge >= 0.3 is 0 Å². The number of carbonyl (C=O) groups excluding carboxylic acids is 2. The summed E-state index contributed by atoms with van der Waals surface area (Å²) >= 11 is 0. The first-order valence-corrected chi connectivity index (χ1v) is 10.5. The minimum atomic E-state index is -0.233. The van der Waals surface area contributed by atoms with Crippen LogP contribution in [-0.2, 0) is 9.59 Å². The van der Waals surface area contributed by atoms with Crippen molar-refractivity contribution in [2.24, 2.45) is 17.3 Å². The lowest BCUT2D eigenvalue weighted by Gasteiger charge is -2.39. The first-order valence-electron chi connectivity index (χ1n) is 10.5. The Labute approximate surface area is 163 Å². The molecule has 0 unspecified atom stereocenters. The fraction of sp³-hybridized carbons (Fsp3) is 0.652. The molecule has 4 heteroatoms. The first kappa shape index (κ1) is 19.9. The van der Waals surface area contributed by atoms with Crippen LogP contribution in [0.1, 0.15) is 64.9 Å². The Morgan fingerprint density at radius 1 is 1.15 bits per heavy atom. The number of amides is 2. The van der Waals surface area contributed by atoms with Crippen molar-refractivity contribution < 1.29 is 9.59 Å². The highest BCUT2D eigenvalue weighted by Gasteiger charge is 2.37. The third-order valence-electron chi connectivity index (χ3n) is 6.93. The van der Waals surface area contributed by atoms with Gasteiger partial charge in [0.2, 0.25) is 11.8 Å². The van der Waals surface area contributed by atoms with Gasteiger partial charge in [0.05, 0.1) is 5.92 Å². The molecule has 1 N–H and O–H groups in total. The summed E-state index contributed by atoms with van der Waals surface area (Å²) < 4.78 is 0. The van der Waals surface area contributed by atoms with Crippen LogP contribution in [-0.4, -0.2) is 24.4 Å². The summed E-state index contributed by atoms with van der Waals surface area (Å²) in [4.78, 5) is 26.9. The topological polar surface area (TPSA) is 49.4 Å². The minimum Gasteiger partial charge on any atom is -0.353 e. The highest BCUT2D eigenvalue weighted by molar-refractivity contribution is 6.00. The van der Waals surface area contributed by atoms with Crippen LogP contribution < -0.4 is 10.2 Å². The summed E-state index contributed by atoms with van der Waals surface area (Å²) in [6.45, 7) is 9.51. The predicted molar refractivity (Wildman–Crippen MR) is 110 cm³/mol. The van der Waals surface area contributed by atoms with Gasteiger partial charge in [-0.15, -0.1) is 0 Å². The smallest absolute Gasteiger partial charge is 0.227 e. The van der Waals surface area contributed by atoms with Crippen LogP contribution in [0.2, 0.25) is 0 Å². The first-order chi connectivity index (χ1) is 12.8. The minimum absolute atomic E-state index is 0.0485. The highest BCUT2D eigenvalue weighted by Crippen LogP contribution is 2.40. The molecule has 0 aromatic heterocycles. The number of aryl methyl sites for hydroxylation is 1. The van der Waals surface area contributed by atoms with E-state index >= 15 is 0 Å².